The van der Waals surface area contributed by atoms with Gasteiger partial charge in [-0.15, -0.1) is 0 Å². The summed E-state index contributed by atoms with van der Waals surface area (Å²) in [6.07, 6.45) is 4.24. The molecule has 0 aromatic heterocycles. The van der Waals surface area contributed by atoms with Crippen LogP contribution in [0.25, 0.3) is 0 Å². The molecule has 2 fully saturated rings. The second kappa shape index (κ2) is 7.51. The van der Waals surface area contributed by atoms with E-state index in [0.717, 1.165) is 31.0 Å². The van der Waals surface area contributed by atoms with Crippen LogP contribution in [-0.4, -0.2) is 53.7 Å². The second-order valence-electron chi connectivity index (χ2n) is 6.53. The number of amides is 1. The molecular weight excluding hydrogens is 292 g/mol. The third-order valence-corrected chi connectivity index (χ3v) is 5.88. The molecule has 2 aliphatic heterocycles. The topological polar surface area (TPSA) is 23.6 Å². The smallest absolute Gasteiger partial charge is 0.223 e. The van der Waals surface area contributed by atoms with Crippen LogP contribution in [0.5, 0.6) is 0 Å². The Bertz CT molecular complexity index is 493. The summed E-state index contributed by atoms with van der Waals surface area (Å²) < 4.78 is 0. The molecule has 22 heavy (non-hydrogen) atoms. The predicted molar refractivity (Wildman–Crippen MR) is 93.0 cm³/mol. The molecule has 120 valence electrons. The van der Waals surface area contributed by atoms with E-state index in [9.17, 15) is 4.79 Å². The molecule has 0 aliphatic carbocycles. The Kier molecular flexibility index (Phi) is 5.42. The van der Waals surface area contributed by atoms with Crippen molar-refractivity contribution in [3.05, 3.63) is 35.9 Å². The van der Waals surface area contributed by atoms with Gasteiger partial charge in [-0.2, -0.15) is 11.8 Å². The van der Waals surface area contributed by atoms with E-state index in [1.807, 2.05) is 17.8 Å². The Labute approximate surface area is 138 Å². The quantitative estimate of drug-likeness (QED) is 0.780. The van der Waals surface area contributed by atoms with Crippen molar-refractivity contribution in [1.29, 1.82) is 0 Å². The number of carbonyl (C=O) groups is 1. The van der Waals surface area contributed by atoms with Crippen molar-refractivity contribution >= 4 is 17.7 Å². The first kappa shape index (κ1) is 15.9. The summed E-state index contributed by atoms with van der Waals surface area (Å²) in [7, 11) is 2.18. The molecule has 2 aliphatic rings. The summed E-state index contributed by atoms with van der Waals surface area (Å²) in [6, 6.07) is 11.5. The van der Waals surface area contributed by atoms with Crippen molar-refractivity contribution in [2.75, 3.05) is 25.9 Å². The Balaban J connectivity index is 1.46. The lowest BCUT2D eigenvalue weighted by Crippen LogP contribution is -2.42. The molecule has 2 unspecified atom stereocenters. The number of likely N-dealkylation sites (tertiary alicyclic amines) is 1. The first-order valence-electron chi connectivity index (χ1n) is 8.35. The van der Waals surface area contributed by atoms with Gasteiger partial charge in [-0.25, -0.2) is 0 Å². The van der Waals surface area contributed by atoms with Gasteiger partial charge in [-0.1, -0.05) is 30.3 Å². The minimum Gasteiger partial charge on any atom is -0.335 e. The van der Waals surface area contributed by atoms with Crippen LogP contribution in [0.3, 0.4) is 0 Å². The fourth-order valence-electron chi connectivity index (χ4n) is 3.70. The molecule has 3 rings (SSSR count). The Morgan fingerprint density at radius 1 is 1.18 bits per heavy atom. The maximum atomic E-state index is 12.6. The van der Waals surface area contributed by atoms with Crippen molar-refractivity contribution in [1.82, 2.24) is 9.80 Å². The van der Waals surface area contributed by atoms with Crippen LogP contribution >= 0.6 is 11.8 Å². The zero-order valence-corrected chi connectivity index (χ0v) is 14.2. The third-order valence-electron chi connectivity index (χ3n) is 4.85. The van der Waals surface area contributed by atoms with Gasteiger partial charge in [0, 0.05) is 36.6 Å². The fourth-order valence-corrected chi connectivity index (χ4v) is 4.60. The van der Waals surface area contributed by atoms with E-state index in [0.29, 0.717) is 24.4 Å². The zero-order valence-electron chi connectivity index (χ0n) is 13.4. The maximum Gasteiger partial charge on any atom is 0.223 e. The van der Waals surface area contributed by atoms with Crippen LogP contribution in [-0.2, 0) is 10.5 Å². The van der Waals surface area contributed by atoms with Crippen molar-refractivity contribution in [3.63, 3.8) is 0 Å². The molecule has 0 saturated carbocycles. The highest BCUT2D eigenvalue weighted by Gasteiger charge is 2.38. The van der Waals surface area contributed by atoms with Gasteiger partial charge >= 0.3 is 0 Å². The molecule has 4 heteroatoms. The maximum absolute atomic E-state index is 12.6. The zero-order chi connectivity index (χ0) is 15.4. The van der Waals surface area contributed by atoms with Crippen LogP contribution in [0, 0.1) is 0 Å². The summed E-state index contributed by atoms with van der Waals surface area (Å²) in [4.78, 5) is 17.2. The van der Waals surface area contributed by atoms with Crippen molar-refractivity contribution in [3.8, 4) is 0 Å². The van der Waals surface area contributed by atoms with Gasteiger partial charge in [0.25, 0.3) is 0 Å². The average molecular weight is 318 g/mol. The van der Waals surface area contributed by atoms with Gasteiger partial charge in [-0.05, 0) is 38.4 Å². The van der Waals surface area contributed by atoms with E-state index < -0.39 is 0 Å². The van der Waals surface area contributed by atoms with Crippen molar-refractivity contribution in [2.24, 2.45) is 0 Å². The second-order valence-corrected chi connectivity index (χ2v) is 7.63. The highest BCUT2D eigenvalue weighted by Crippen LogP contribution is 2.30. The molecule has 2 heterocycles. The van der Waals surface area contributed by atoms with E-state index in [1.54, 1.807) is 0 Å². The summed E-state index contributed by atoms with van der Waals surface area (Å²) in [5, 5.41) is 0. The Morgan fingerprint density at radius 2 is 1.95 bits per heavy atom. The average Bonchev–Trinajstić information content (AvgIpc) is 2.84. The van der Waals surface area contributed by atoms with E-state index in [1.165, 1.54) is 18.4 Å². The predicted octanol–water partition coefficient (Wildman–Crippen LogP) is 3.01. The van der Waals surface area contributed by atoms with Gasteiger partial charge in [0.05, 0.1) is 0 Å². The van der Waals surface area contributed by atoms with Gasteiger partial charge in [0.1, 0.15) is 0 Å². The highest BCUT2D eigenvalue weighted by molar-refractivity contribution is 7.98. The first-order valence-corrected chi connectivity index (χ1v) is 9.51. The molecule has 0 spiro atoms. The van der Waals surface area contributed by atoms with Gasteiger partial charge in [0.15, 0.2) is 0 Å². The molecule has 2 saturated heterocycles. The van der Waals surface area contributed by atoms with Gasteiger partial charge in [-0.3, -0.25) is 4.79 Å². The van der Waals surface area contributed by atoms with Crippen LogP contribution in [0.4, 0.5) is 0 Å². The molecule has 1 aromatic rings. The number of thioether (sulfide) groups is 1. The SMILES string of the molecule is CN1CCC2CCC(C1)N2C(=O)CCSCc1ccccc1. The first-order chi connectivity index (χ1) is 10.7. The van der Waals surface area contributed by atoms with E-state index in [2.05, 4.69) is 41.1 Å². The van der Waals surface area contributed by atoms with E-state index in [-0.39, 0.29) is 0 Å². The summed E-state index contributed by atoms with van der Waals surface area (Å²) in [5.74, 6) is 2.31. The van der Waals surface area contributed by atoms with Crippen LogP contribution in [0.2, 0.25) is 0 Å². The number of likely N-dealkylation sites (N-methyl/N-ethyl adjacent to an activating group) is 1. The van der Waals surface area contributed by atoms with Crippen molar-refractivity contribution < 1.29 is 4.79 Å². The summed E-state index contributed by atoms with van der Waals surface area (Å²) >= 11 is 1.87. The van der Waals surface area contributed by atoms with Gasteiger partial charge < -0.3 is 9.80 Å². The summed E-state index contributed by atoms with van der Waals surface area (Å²) in [6.45, 7) is 2.19. The van der Waals surface area contributed by atoms with E-state index in [4.69, 9.17) is 0 Å². The lowest BCUT2D eigenvalue weighted by molar-refractivity contribution is -0.133. The van der Waals surface area contributed by atoms with E-state index >= 15 is 0 Å². The highest BCUT2D eigenvalue weighted by atomic mass is 32.2. The number of hydrogen-bond acceptors (Lipinski definition) is 3. The van der Waals surface area contributed by atoms with Gasteiger partial charge in [0.2, 0.25) is 5.91 Å². The van der Waals surface area contributed by atoms with Crippen LogP contribution < -0.4 is 0 Å². The molecule has 1 amide bonds. The monoisotopic (exact) mass is 318 g/mol. The molecule has 2 atom stereocenters. The number of carbonyl (C=O) groups excluding carboxylic acids is 1. The minimum absolute atomic E-state index is 0.378. The molecule has 3 nitrogen and oxygen atoms in total. The lowest BCUT2D eigenvalue weighted by atomic mass is 10.1. The molecular formula is C18H26N2OS. The number of hydrogen-bond donors (Lipinski definition) is 0. The normalized spacial score (nSPS) is 25.2. The molecule has 0 radical (unpaired) electrons. The Morgan fingerprint density at radius 3 is 2.77 bits per heavy atom. The standard InChI is InChI=1S/C18H26N2OS/c1-19-11-9-16-7-8-17(13-19)20(16)18(21)10-12-22-14-15-5-3-2-4-6-15/h2-6,16-17H,7-14H2,1H3. The number of nitrogens with zero attached hydrogens (tertiary/aromatic N) is 2. The van der Waals surface area contributed by atoms with Crippen molar-refractivity contribution in [2.45, 2.75) is 43.5 Å². The number of fused-ring (bicyclic) bond motifs is 2. The largest absolute Gasteiger partial charge is 0.335 e. The third kappa shape index (κ3) is 3.85. The molecule has 1 aromatic carbocycles. The fraction of sp³-hybridized carbons (Fsp3) is 0.611. The molecule has 2 bridgehead atoms. The number of rotatable bonds is 5. The lowest BCUT2D eigenvalue weighted by Gasteiger charge is -2.28. The number of benzene rings is 1. The van der Waals surface area contributed by atoms with Crippen LogP contribution in [0.1, 0.15) is 31.2 Å². The Hall–Kier alpha value is -1.00. The summed E-state index contributed by atoms with van der Waals surface area (Å²) in [5.41, 5.74) is 1.34. The molecule has 0 N–H and O–H groups in total. The minimum atomic E-state index is 0.378. The van der Waals surface area contributed by atoms with Crippen LogP contribution in [0.15, 0.2) is 30.3 Å².